The molecule has 1 aliphatic carbocycles. The minimum Gasteiger partial charge on any atom is -0.383 e. The largest absolute Gasteiger partial charge is 0.383 e. The van der Waals surface area contributed by atoms with Gasteiger partial charge in [0.05, 0.1) is 10.7 Å². The molecule has 1 saturated carbocycles. The smallest absolute Gasteiger partial charge is 0.0637 e. The van der Waals surface area contributed by atoms with Crippen molar-refractivity contribution in [3.8, 4) is 0 Å². The third-order valence-electron chi connectivity index (χ3n) is 4.67. The lowest BCUT2D eigenvalue weighted by Gasteiger charge is -2.34. The Morgan fingerprint density at radius 1 is 1.20 bits per heavy atom. The van der Waals surface area contributed by atoms with Crippen LogP contribution in [0.15, 0.2) is 24.3 Å². The first-order valence-corrected chi connectivity index (χ1v) is 8.27. The van der Waals surface area contributed by atoms with Crippen molar-refractivity contribution in [3.05, 3.63) is 29.3 Å². The molecule has 0 saturated heterocycles. The second-order valence-electron chi connectivity index (χ2n) is 5.97. The Labute approximate surface area is 128 Å². The Morgan fingerprint density at radius 3 is 2.55 bits per heavy atom. The van der Waals surface area contributed by atoms with Gasteiger partial charge in [-0.1, -0.05) is 37.1 Å². The Balaban J connectivity index is 1.70. The number of likely N-dealkylation sites (N-methyl/N-ethyl adjacent to an activating group) is 1. The molecule has 1 aromatic carbocycles. The molecule has 1 N–H and O–H groups in total. The maximum Gasteiger partial charge on any atom is 0.0637 e. The van der Waals surface area contributed by atoms with Crippen molar-refractivity contribution in [1.82, 2.24) is 4.90 Å². The molecule has 1 fully saturated rings. The number of benzene rings is 1. The lowest BCUT2D eigenvalue weighted by Crippen LogP contribution is -2.37. The van der Waals surface area contributed by atoms with E-state index < -0.39 is 0 Å². The van der Waals surface area contributed by atoms with E-state index in [0.717, 1.165) is 35.8 Å². The molecule has 0 bridgehead atoms. The van der Waals surface area contributed by atoms with Crippen LogP contribution in [0.4, 0.5) is 5.69 Å². The zero-order valence-electron chi connectivity index (χ0n) is 12.7. The monoisotopic (exact) mass is 294 g/mol. The van der Waals surface area contributed by atoms with Crippen molar-refractivity contribution >= 4 is 17.3 Å². The third-order valence-corrected chi connectivity index (χ3v) is 5.00. The van der Waals surface area contributed by atoms with Crippen LogP contribution in [0.2, 0.25) is 5.02 Å². The summed E-state index contributed by atoms with van der Waals surface area (Å²) in [5.41, 5.74) is 1.04. The molecular weight excluding hydrogens is 268 g/mol. The predicted octanol–water partition coefficient (Wildman–Crippen LogP) is 4.65. The van der Waals surface area contributed by atoms with Gasteiger partial charge in [0.15, 0.2) is 0 Å². The molecule has 2 nitrogen and oxygen atoms in total. The molecule has 0 unspecified atom stereocenters. The maximum absolute atomic E-state index is 6.14. The van der Waals surface area contributed by atoms with Crippen molar-refractivity contribution in [1.29, 1.82) is 0 Å². The minimum absolute atomic E-state index is 0.769. The molecule has 0 atom stereocenters. The summed E-state index contributed by atoms with van der Waals surface area (Å²) in [6.45, 7) is 4.35. The number of para-hydroxylation sites is 1. The number of halogens is 1. The van der Waals surface area contributed by atoms with E-state index in [-0.39, 0.29) is 0 Å². The average molecular weight is 295 g/mol. The van der Waals surface area contributed by atoms with Gasteiger partial charge in [0, 0.05) is 19.1 Å². The van der Waals surface area contributed by atoms with E-state index in [1.807, 2.05) is 24.3 Å². The molecule has 0 aliphatic heterocycles. The van der Waals surface area contributed by atoms with E-state index in [2.05, 4.69) is 24.2 Å². The van der Waals surface area contributed by atoms with Gasteiger partial charge in [-0.3, -0.25) is 0 Å². The lowest BCUT2D eigenvalue weighted by molar-refractivity contribution is 0.168. The number of nitrogens with zero attached hydrogens (tertiary/aromatic N) is 1. The van der Waals surface area contributed by atoms with Crippen molar-refractivity contribution in [3.63, 3.8) is 0 Å². The van der Waals surface area contributed by atoms with Gasteiger partial charge in [-0.25, -0.2) is 0 Å². The molecule has 0 heterocycles. The fourth-order valence-corrected chi connectivity index (χ4v) is 3.35. The first kappa shape index (κ1) is 15.7. The van der Waals surface area contributed by atoms with Gasteiger partial charge in [0.1, 0.15) is 0 Å². The highest BCUT2D eigenvalue weighted by atomic mass is 35.5. The van der Waals surface area contributed by atoms with E-state index in [0.29, 0.717) is 0 Å². The van der Waals surface area contributed by atoms with Gasteiger partial charge in [0.2, 0.25) is 0 Å². The standard InChI is InChI=1S/C17H27ClN2/c1-3-14-8-10-15(11-9-14)20(2)13-12-19-17-7-5-4-6-16(17)18/h4-7,14-15,19H,3,8-13H2,1-2H3. The average Bonchev–Trinajstić information content (AvgIpc) is 2.49. The predicted molar refractivity (Wildman–Crippen MR) is 88.6 cm³/mol. The van der Waals surface area contributed by atoms with Crippen LogP contribution in [-0.4, -0.2) is 31.1 Å². The summed E-state index contributed by atoms with van der Waals surface area (Å²) in [4.78, 5) is 2.51. The molecule has 112 valence electrons. The second-order valence-corrected chi connectivity index (χ2v) is 6.38. The lowest BCUT2D eigenvalue weighted by atomic mass is 9.84. The molecule has 0 aromatic heterocycles. The van der Waals surface area contributed by atoms with Crippen LogP contribution < -0.4 is 5.32 Å². The topological polar surface area (TPSA) is 15.3 Å². The van der Waals surface area contributed by atoms with E-state index >= 15 is 0 Å². The van der Waals surface area contributed by atoms with E-state index in [1.165, 1.54) is 32.1 Å². The zero-order chi connectivity index (χ0) is 14.4. The summed E-state index contributed by atoms with van der Waals surface area (Å²) in [7, 11) is 2.26. The van der Waals surface area contributed by atoms with E-state index in [1.54, 1.807) is 0 Å². The molecule has 0 amide bonds. The van der Waals surface area contributed by atoms with Crippen LogP contribution in [0.25, 0.3) is 0 Å². The first-order chi connectivity index (χ1) is 9.70. The minimum atomic E-state index is 0.769. The Hall–Kier alpha value is -0.730. The zero-order valence-corrected chi connectivity index (χ0v) is 13.5. The number of hydrogen-bond donors (Lipinski definition) is 1. The first-order valence-electron chi connectivity index (χ1n) is 7.89. The quantitative estimate of drug-likeness (QED) is 0.821. The van der Waals surface area contributed by atoms with Gasteiger partial charge in [-0.15, -0.1) is 0 Å². The van der Waals surface area contributed by atoms with Gasteiger partial charge in [-0.05, 0) is 50.8 Å². The summed E-state index contributed by atoms with van der Waals surface area (Å²) >= 11 is 6.14. The van der Waals surface area contributed by atoms with E-state index in [4.69, 9.17) is 11.6 Å². The molecule has 20 heavy (non-hydrogen) atoms. The van der Waals surface area contributed by atoms with Crippen molar-refractivity contribution in [2.75, 3.05) is 25.5 Å². The summed E-state index contributed by atoms with van der Waals surface area (Å²) in [6, 6.07) is 8.72. The molecule has 0 radical (unpaired) electrons. The maximum atomic E-state index is 6.14. The van der Waals surface area contributed by atoms with Crippen molar-refractivity contribution < 1.29 is 0 Å². The van der Waals surface area contributed by atoms with Crippen molar-refractivity contribution in [2.24, 2.45) is 5.92 Å². The van der Waals surface area contributed by atoms with Gasteiger partial charge < -0.3 is 10.2 Å². The molecule has 1 aliphatic rings. The fourth-order valence-electron chi connectivity index (χ4n) is 3.15. The van der Waals surface area contributed by atoms with Crippen LogP contribution in [0.3, 0.4) is 0 Å². The van der Waals surface area contributed by atoms with Crippen LogP contribution in [-0.2, 0) is 0 Å². The molecule has 3 heteroatoms. The number of rotatable bonds is 6. The van der Waals surface area contributed by atoms with E-state index in [9.17, 15) is 0 Å². The molecular formula is C17H27ClN2. The van der Waals surface area contributed by atoms with Gasteiger partial charge >= 0.3 is 0 Å². The normalized spacial score (nSPS) is 23.0. The number of anilines is 1. The van der Waals surface area contributed by atoms with Crippen LogP contribution in [0.1, 0.15) is 39.0 Å². The molecule has 1 aromatic rings. The highest BCUT2D eigenvalue weighted by molar-refractivity contribution is 6.33. The Morgan fingerprint density at radius 2 is 1.90 bits per heavy atom. The summed E-state index contributed by atoms with van der Waals surface area (Å²) < 4.78 is 0. The van der Waals surface area contributed by atoms with Crippen LogP contribution >= 0.6 is 11.6 Å². The highest BCUT2D eigenvalue weighted by Gasteiger charge is 2.22. The van der Waals surface area contributed by atoms with Gasteiger partial charge in [0.25, 0.3) is 0 Å². The highest BCUT2D eigenvalue weighted by Crippen LogP contribution is 2.28. The fraction of sp³-hybridized carbons (Fsp3) is 0.647. The Kier molecular flexibility index (Phi) is 6.18. The SMILES string of the molecule is CCC1CCC(N(C)CCNc2ccccc2Cl)CC1. The second kappa shape index (κ2) is 7.90. The number of nitrogens with one attached hydrogen (secondary N) is 1. The van der Waals surface area contributed by atoms with Crippen LogP contribution in [0, 0.1) is 5.92 Å². The molecule has 0 spiro atoms. The third kappa shape index (κ3) is 4.39. The summed E-state index contributed by atoms with van der Waals surface area (Å²) in [6.07, 6.45) is 6.89. The number of hydrogen-bond acceptors (Lipinski definition) is 2. The Bertz CT molecular complexity index is 400. The summed E-state index contributed by atoms with van der Waals surface area (Å²) in [5.74, 6) is 0.973. The van der Waals surface area contributed by atoms with Gasteiger partial charge in [-0.2, -0.15) is 0 Å². The molecule has 2 rings (SSSR count). The van der Waals surface area contributed by atoms with Crippen molar-refractivity contribution in [2.45, 2.75) is 45.1 Å². The van der Waals surface area contributed by atoms with Crippen LogP contribution in [0.5, 0.6) is 0 Å². The summed E-state index contributed by atoms with van der Waals surface area (Å²) in [5, 5.41) is 4.23.